The van der Waals surface area contributed by atoms with Crippen molar-refractivity contribution in [2.24, 2.45) is 5.92 Å². The van der Waals surface area contributed by atoms with Crippen molar-refractivity contribution >= 4 is 15.9 Å². The maximum Gasteiger partial charge on any atom is 0.0945 e. The van der Waals surface area contributed by atoms with Crippen LogP contribution in [0.2, 0.25) is 0 Å². The van der Waals surface area contributed by atoms with Crippen LogP contribution >= 0.6 is 15.9 Å². The summed E-state index contributed by atoms with van der Waals surface area (Å²) in [4.78, 5) is 0. The monoisotopic (exact) mass is 282 g/mol. The van der Waals surface area contributed by atoms with Crippen LogP contribution in [0.25, 0.3) is 0 Å². The predicted molar refractivity (Wildman–Crippen MR) is 70.7 cm³/mol. The molecule has 1 aliphatic rings. The van der Waals surface area contributed by atoms with Crippen LogP contribution in [0, 0.1) is 5.92 Å². The summed E-state index contributed by atoms with van der Waals surface area (Å²) in [7, 11) is 0. The number of aliphatic hydroxyl groups is 1. The highest BCUT2D eigenvalue weighted by Crippen LogP contribution is 2.60. The molecule has 2 heteroatoms. The molecule has 0 aromatic heterocycles. The Hall–Kier alpha value is -0.340. The molecule has 0 heterocycles. The van der Waals surface area contributed by atoms with Crippen LogP contribution in [0.5, 0.6) is 0 Å². The molecule has 0 amide bonds. The van der Waals surface area contributed by atoms with Crippen LogP contribution in [0.3, 0.4) is 0 Å². The van der Waals surface area contributed by atoms with Crippen molar-refractivity contribution in [3.8, 4) is 0 Å². The van der Waals surface area contributed by atoms with Crippen LogP contribution in [-0.2, 0) is 0 Å². The number of alkyl halides is 1. The molecule has 1 saturated carbocycles. The molecule has 1 aromatic rings. The molecule has 3 atom stereocenters. The van der Waals surface area contributed by atoms with Gasteiger partial charge in [-0.05, 0) is 24.3 Å². The van der Waals surface area contributed by atoms with E-state index < -0.39 is 0 Å². The van der Waals surface area contributed by atoms with Crippen LogP contribution < -0.4 is 0 Å². The van der Waals surface area contributed by atoms with Crippen LogP contribution in [0.1, 0.15) is 44.3 Å². The first kappa shape index (κ1) is 12.1. The fraction of sp³-hybridized carbons (Fsp3) is 0.571. The highest BCUT2D eigenvalue weighted by molar-refractivity contribution is 9.10. The first-order valence-electron chi connectivity index (χ1n) is 6.10. The molecule has 88 valence electrons. The maximum atomic E-state index is 10.3. The SMILES string of the molecule is CCCCC1C[C@@]1(Br)C(O)c1ccccc1. The van der Waals surface area contributed by atoms with Crippen molar-refractivity contribution in [1.82, 2.24) is 0 Å². The topological polar surface area (TPSA) is 20.2 Å². The van der Waals surface area contributed by atoms with Gasteiger partial charge in [-0.25, -0.2) is 0 Å². The van der Waals surface area contributed by atoms with Gasteiger partial charge in [-0.2, -0.15) is 0 Å². The van der Waals surface area contributed by atoms with E-state index in [-0.39, 0.29) is 10.4 Å². The molecule has 0 spiro atoms. The third-order valence-corrected chi connectivity index (χ3v) is 4.96. The second-order valence-electron chi connectivity index (χ2n) is 4.78. The van der Waals surface area contributed by atoms with Crippen molar-refractivity contribution in [1.29, 1.82) is 0 Å². The zero-order chi connectivity index (χ0) is 11.6. The lowest BCUT2D eigenvalue weighted by Crippen LogP contribution is -2.15. The Morgan fingerprint density at radius 1 is 1.44 bits per heavy atom. The zero-order valence-electron chi connectivity index (χ0n) is 9.70. The molecule has 0 radical (unpaired) electrons. The Morgan fingerprint density at radius 3 is 2.75 bits per heavy atom. The molecule has 2 rings (SSSR count). The Balaban J connectivity index is 1.99. The number of rotatable bonds is 5. The Bertz CT molecular complexity index is 338. The molecular weight excluding hydrogens is 264 g/mol. The average Bonchev–Trinajstić information content (AvgIpc) is 2.99. The fourth-order valence-corrected chi connectivity index (χ4v) is 3.24. The average molecular weight is 283 g/mol. The van der Waals surface area contributed by atoms with E-state index in [1.165, 1.54) is 19.3 Å². The van der Waals surface area contributed by atoms with E-state index in [0.717, 1.165) is 12.0 Å². The first-order chi connectivity index (χ1) is 7.68. The standard InChI is InChI=1S/C14H19BrO/c1-2-3-9-12-10-14(12,15)13(16)11-7-5-4-6-8-11/h4-8,12-13,16H,2-3,9-10H2,1H3/t12?,13?,14-/m0/s1. The van der Waals surface area contributed by atoms with Crippen LogP contribution in [0.15, 0.2) is 30.3 Å². The van der Waals surface area contributed by atoms with Gasteiger partial charge >= 0.3 is 0 Å². The predicted octanol–water partition coefficient (Wildman–Crippen LogP) is 4.06. The molecule has 1 aliphatic carbocycles. The number of halogens is 1. The van der Waals surface area contributed by atoms with Gasteiger partial charge in [-0.15, -0.1) is 0 Å². The fourth-order valence-electron chi connectivity index (χ4n) is 2.36. The molecule has 16 heavy (non-hydrogen) atoms. The van der Waals surface area contributed by atoms with E-state index >= 15 is 0 Å². The van der Waals surface area contributed by atoms with Gasteiger partial charge in [0.2, 0.25) is 0 Å². The van der Waals surface area contributed by atoms with Gasteiger partial charge in [-0.3, -0.25) is 0 Å². The van der Waals surface area contributed by atoms with Gasteiger partial charge in [0, 0.05) is 0 Å². The minimum atomic E-state index is -0.365. The van der Waals surface area contributed by atoms with Crippen molar-refractivity contribution in [3.63, 3.8) is 0 Å². The lowest BCUT2D eigenvalue weighted by atomic mass is 10.0. The van der Waals surface area contributed by atoms with Gasteiger partial charge in [0.25, 0.3) is 0 Å². The van der Waals surface area contributed by atoms with Crippen LogP contribution in [-0.4, -0.2) is 9.43 Å². The quantitative estimate of drug-likeness (QED) is 0.808. The highest BCUT2D eigenvalue weighted by atomic mass is 79.9. The van der Waals surface area contributed by atoms with Gasteiger partial charge in [0.1, 0.15) is 0 Å². The molecule has 0 bridgehead atoms. The second-order valence-corrected chi connectivity index (χ2v) is 6.26. The summed E-state index contributed by atoms with van der Waals surface area (Å²) in [6.07, 6.45) is 4.46. The molecular formula is C14H19BrO. The van der Waals surface area contributed by atoms with Crippen LogP contribution in [0.4, 0.5) is 0 Å². The minimum Gasteiger partial charge on any atom is -0.387 e. The highest BCUT2D eigenvalue weighted by Gasteiger charge is 2.56. The lowest BCUT2D eigenvalue weighted by Gasteiger charge is -2.18. The zero-order valence-corrected chi connectivity index (χ0v) is 11.3. The summed E-state index contributed by atoms with van der Waals surface area (Å²) in [6, 6.07) is 9.96. The Kier molecular flexibility index (Phi) is 3.70. The van der Waals surface area contributed by atoms with Gasteiger partial charge in [0.05, 0.1) is 10.4 Å². The normalized spacial score (nSPS) is 30.1. The van der Waals surface area contributed by atoms with E-state index in [0.29, 0.717) is 5.92 Å². The molecule has 0 saturated heterocycles. The number of hydrogen-bond donors (Lipinski definition) is 1. The summed E-state index contributed by atoms with van der Waals surface area (Å²) in [6.45, 7) is 2.21. The molecule has 1 nitrogen and oxygen atoms in total. The van der Waals surface area contributed by atoms with Gasteiger partial charge < -0.3 is 5.11 Å². The van der Waals surface area contributed by atoms with E-state index in [4.69, 9.17) is 0 Å². The molecule has 0 aliphatic heterocycles. The van der Waals surface area contributed by atoms with Crippen molar-refractivity contribution in [2.75, 3.05) is 0 Å². The van der Waals surface area contributed by atoms with E-state index in [1.807, 2.05) is 30.3 Å². The molecule has 1 fully saturated rings. The maximum absolute atomic E-state index is 10.3. The summed E-state index contributed by atoms with van der Waals surface area (Å²) in [5.41, 5.74) is 1.03. The number of hydrogen-bond acceptors (Lipinski definition) is 1. The molecule has 1 aromatic carbocycles. The summed E-state index contributed by atoms with van der Waals surface area (Å²) in [5.74, 6) is 0.641. The number of unbranched alkanes of at least 4 members (excludes halogenated alkanes) is 1. The van der Waals surface area contributed by atoms with Crippen molar-refractivity contribution < 1.29 is 5.11 Å². The summed E-state index contributed by atoms with van der Waals surface area (Å²) < 4.78 is -0.0521. The Morgan fingerprint density at radius 2 is 2.12 bits per heavy atom. The first-order valence-corrected chi connectivity index (χ1v) is 6.89. The summed E-state index contributed by atoms with van der Waals surface area (Å²) >= 11 is 3.74. The lowest BCUT2D eigenvalue weighted by molar-refractivity contribution is 0.162. The largest absolute Gasteiger partial charge is 0.387 e. The Labute approximate surface area is 106 Å². The number of aliphatic hydroxyl groups excluding tert-OH is 1. The summed E-state index contributed by atoms with van der Waals surface area (Å²) in [5, 5.41) is 10.3. The smallest absolute Gasteiger partial charge is 0.0945 e. The van der Waals surface area contributed by atoms with Crippen molar-refractivity contribution in [3.05, 3.63) is 35.9 Å². The van der Waals surface area contributed by atoms with Gasteiger partial charge in [-0.1, -0.05) is 66.0 Å². The van der Waals surface area contributed by atoms with E-state index in [1.54, 1.807) is 0 Å². The minimum absolute atomic E-state index is 0.0521. The molecule has 2 unspecified atom stereocenters. The van der Waals surface area contributed by atoms with E-state index in [2.05, 4.69) is 22.9 Å². The third kappa shape index (κ3) is 2.33. The molecule has 1 N–H and O–H groups in total. The second kappa shape index (κ2) is 4.89. The third-order valence-electron chi connectivity index (χ3n) is 3.55. The van der Waals surface area contributed by atoms with Crippen molar-refractivity contribution in [2.45, 2.75) is 43.0 Å². The van der Waals surface area contributed by atoms with Gasteiger partial charge in [0.15, 0.2) is 0 Å². The number of benzene rings is 1. The van der Waals surface area contributed by atoms with E-state index in [9.17, 15) is 5.11 Å².